The highest BCUT2D eigenvalue weighted by Gasteiger charge is 2.09. The topological polar surface area (TPSA) is 58.6 Å². The van der Waals surface area contributed by atoms with Crippen LogP contribution in [-0.2, 0) is 20.9 Å². The average Bonchev–Trinajstić information content (AvgIpc) is 3.10. The van der Waals surface area contributed by atoms with Gasteiger partial charge in [-0.15, -0.1) is 11.3 Å². The van der Waals surface area contributed by atoms with Crippen molar-refractivity contribution in [1.29, 1.82) is 0 Å². The van der Waals surface area contributed by atoms with Gasteiger partial charge < -0.3 is 15.0 Å². The molecule has 3 rings (SSSR count). The van der Waals surface area contributed by atoms with Gasteiger partial charge in [-0.1, -0.05) is 31.0 Å². The zero-order valence-electron chi connectivity index (χ0n) is 15.9. The van der Waals surface area contributed by atoms with Crippen LogP contribution in [0.3, 0.4) is 0 Å². The van der Waals surface area contributed by atoms with Crippen LogP contribution in [0.15, 0.2) is 47.9 Å². The molecule has 0 saturated carbocycles. The van der Waals surface area contributed by atoms with Gasteiger partial charge in [0.2, 0.25) is 0 Å². The van der Waals surface area contributed by atoms with Crippen molar-refractivity contribution in [2.75, 3.05) is 24.6 Å². The number of amides is 1. The number of rotatable bonds is 7. The smallest absolute Gasteiger partial charge is 0.331 e. The van der Waals surface area contributed by atoms with Gasteiger partial charge in [0.1, 0.15) is 0 Å². The number of thiophene rings is 1. The largest absolute Gasteiger partial charge is 0.452 e. The second-order valence-electron chi connectivity index (χ2n) is 6.79. The highest BCUT2D eigenvalue weighted by atomic mass is 32.1. The minimum Gasteiger partial charge on any atom is -0.452 e. The molecule has 1 fully saturated rings. The first-order valence-corrected chi connectivity index (χ1v) is 10.6. The fourth-order valence-corrected chi connectivity index (χ4v) is 3.77. The third-order valence-corrected chi connectivity index (χ3v) is 5.54. The summed E-state index contributed by atoms with van der Waals surface area (Å²) < 4.78 is 4.99. The predicted octanol–water partition coefficient (Wildman–Crippen LogP) is 4.00. The number of carbonyl (C=O) groups excluding carboxylic acids is 2. The van der Waals surface area contributed by atoms with Crippen molar-refractivity contribution in [3.05, 3.63) is 58.3 Å². The molecule has 0 atom stereocenters. The van der Waals surface area contributed by atoms with E-state index in [9.17, 15) is 9.59 Å². The standard InChI is InChI=1S/C22H26N2O3S/c25-21(23-16-20-6-5-15-28-20)17-27-22(26)12-9-18-7-10-19(11-8-18)24-13-3-1-2-4-14-24/h5-12,15H,1-4,13-14,16-17H2,(H,23,25)/b12-9+. The number of ether oxygens (including phenoxy) is 1. The van der Waals surface area contributed by atoms with E-state index in [1.165, 1.54) is 37.4 Å². The molecule has 28 heavy (non-hydrogen) atoms. The summed E-state index contributed by atoms with van der Waals surface area (Å²) in [6.45, 7) is 2.39. The molecule has 0 unspecified atom stereocenters. The number of hydrogen-bond donors (Lipinski definition) is 1. The van der Waals surface area contributed by atoms with E-state index in [4.69, 9.17) is 4.74 Å². The van der Waals surface area contributed by atoms with Crippen LogP contribution in [0.1, 0.15) is 36.1 Å². The molecule has 1 aromatic heterocycles. The van der Waals surface area contributed by atoms with Gasteiger partial charge in [-0.05, 0) is 48.1 Å². The summed E-state index contributed by atoms with van der Waals surface area (Å²) in [6, 6.07) is 12.0. The first-order chi connectivity index (χ1) is 13.7. The molecule has 1 aliphatic heterocycles. The molecule has 1 saturated heterocycles. The third kappa shape index (κ3) is 6.53. The van der Waals surface area contributed by atoms with Crippen LogP contribution in [0, 0.1) is 0 Å². The molecule has 0 aliphatic carbocycles. The van der Waals surface area contributed by atoms with Crippen molar-refractivity contribution in [2.24, 2.45) is 0 Å². The van der Waals surface area contributed by atoms with E-state index in [2.05, 4.69) is 22.3 Å². The van der Waals surface area contributed by atoms with E-state index in [0.29, 0.717) is 6.54 Å². The Balaban J connectivity index is 1.41. The highest BCUT2D eigenvalue weighted by Crippen LogP contribution is 2.20. The van der Waals surface area contributed by atoms with E-state index in [0.717, 1.165) is 23.5 Å². The Bertz CT molecular complexity index is 777. The van der Waals surface area contributed by atoms with E-state index in [1.807, 2.05) is 29.6 Å². The lowest BCUT2D eigenvalue weighted by Crippen LogP contribution is -2.27. The maximum atomic E-state index is 11.8. The maximum absolute atomic E-state index is 11.8. The van der Waals surface area contributed by atoms with Gasteiger partial charge in [0, 0.05) is 29.7 Å². The Labute approximate surface area is 170 Å². The minimum absolute atomic E-state index is 0.275. The number of nitrogens with one attached hydrogen (secondary N) is 1. The molecular formula is C22H26N2O3S. The number of anilines is 1. The Kier molecular flexibility index (Phi) is 7.67. The van der Waals surface area contributed by atoms with Gasteiger partial charge in [-0.2, -0.15) is 0 Å². The number of nitrogens with zero attached hydrogens (tertiary/aromatic N) is 1. The summed E-state index contributed by atoms with van der Waals surface area (Å²) >= 11 is 1.57. The molecule has 1 aliphatic rings. The number of benzene rings is 1. The molecule has 0 spiro atoms. The van der Waals surface area contributed by atoms with Gasteiger partial charge in [-0.3, -0.25) is 4.79 Å². The van der Waals surface area contributed by atoms with Crippen LogP contribution in [-0.4, -0.2) is 31.6 Å². The van der Waals surface area contributed by atoms with Gasteiger partial charge >= 0.3 is 5.97 Å². The molecule has 1 aromatic carbocycles. The molecule has 148 valence electrons. The van der Waals surface area contributed by atoms with Crippen LogP contribution < -0.4 is 10.2 Å². The summed E-state index contributed by atoms with van der Waals surface area (Å²) in [4.78, 5) is 27.0. The Morgan fingerprint density at radius 2 is 1.82 bits per heavy atom. The first kappa shape index (κ1) is 20.1. The number of hydrogen-bond acceptors (Lipinski definition) is 5. The van der Waals surface area contributed by atoms with Crippen molar-refractivity contribution in [3.8, 4) is 0 Å². The fraction of sp³-hybridized carbons (Fsp3) is 0.364. The molecule has 0 radical (unpaired) electrons. The lowest BCUT2D eigenvalue weighted by Gasteiger charge is -2.22. The summed E-state index contributed by atoms with van der Waals surface area (Å²) in [6.07, 6.45) is 8.17. The average molecular weight is 399 g/mol. The summed E-state index contributed by atoms with van der Waals surface area (Å²) in [7, 11) is 0. The molecular weight excluding hydrogens is 372 g/mol. The first-order valence-electron chi connectivity index (χ1n) is 9.69. The maximum Gasteiger partial charge on any atom is 0.331 e. The summed E-state index contributed by atoms with van der Waals surface area (Å²) in [5, 5.41) is 4.67. The van der Waals surface area contributed by atoms with Crippen LogP contribution in [0.25, 0.3) is 6.08 Å². The van der Waals surface area contributed by atoms with Crippen LogP contribution in [0.5, 0.6) is 0 Å². The van der Waals surface area contributed by atoms with Crippen LogP contribution in [0.2, 0.25) is 0 Å². The number of esters is 1. The summed E-state index contributed by atoms with van der Waals surface area (Å²) in [5.41, 5.74) is 2.15. The van der Waals surface area contributed by atoms with E-state index in [1.54, 1.807) is 17.4 Å². The second kappa shape index (κ2) is 10.7. The fourth-order valence-electron chi connectivity index (χ4n) is 3.12. The molecule has 2 aromatic rings. The zero-order chi connectivity index (χ0) is 19.6. The van der Waals surface area contributed by atoms with E-state index < -0.39 is 5.97 Å². The molecule has 5 nitrogen and oxygen atoms in total. The van der Waals surface area contributed by atoms with Gasteiger partial charge in [0.05, 0.1) is 6.54 Å². The lowest BCUT2D eigenvalue weighted by atomic mass is 10.1. The highest BCUT2D eigenvalue weighted by molar-refractivity contribution is 7.09. The van der Waals surface area contributed by atoms with Crippen LogP contribution >= 0.6 is 11.3 Å². The Hall–Kier alpha value is -2.60. The Morgan fingerprint density at radius 1 is 1.07 bits per heavy atom. The lowest BCUT2D eigenvalue weighted by molar-refractivity contribution is -0.143. The number of carbonyl (C=O) groups is 2. The zero-order valence-corrected chi connectivity index (χ0v) is 16.7. The van der Waals surface area contributed by atoms with E-state index in [-0.39, 0.29) is 12.5 Å². The third-order valence-electron chi connectivity index (χ3n) is 4.66. The summed E-state index contributed by atoms with van der Waals surface area (Å²) in [5.74, 6) is -0.833. The molecule has 2 heterocycles. The van der Waals surface area contributed by atoms with Crippen molar-refractivity contribution >= 4 is 35.0 Å². The van der Waals surface area contributed by atoms with Gasteiger partial charge in [0.15, 0.2) is 6.61 Å². The monoisotopic (exact) mass is 398 g/mol. The molecule has 1 N–H and O–H groups in total. The van der Waals surface area contributed by atoms with Crippen molar-refractivity contribution in [3.63, 3.8) is 0 Å². The quantitative estimate of drug-likeness (QED) is 0.566. The van der Waals surface area contributed by atoms with E-state index >= 15 is 0 Å². The van der Waals surface area contributed by atoms with Crippen molar-refractivity contribution in [1.82, 2.24) is 5.32 Å². The van der Waals surface area contributed by atoms with Gasteiger partial charge in [-0.25, -0.2) is 4.79 Å². The van der Waals surface area contributed by atoms with Crippen molar-refractivity contribution < 1.29 is 14.3 Å². The minimum atomic E-state index is -0.525. The van der Waals surface area contributed by atoms with Gasteiger partial charge in [0.25, 0.3) is 5.91 Å². The second-order valence-corrected chi connectivity index (χ2v) is 7.82. The molecule has 0 bridgehead atoms. The predicted molar refractivity (Wildman–Crippen MR) is 113 cm³/mol. The van der Waals surface area contributed by atoms with Crippen LogP contribution in [0.4, 0.5) is 5.69 Å². The SMILES string of the molecule is O=C(COC(=O)/C=C/c1ccc(N2CCCCCC2)cc1)NCc1cccs1. The van der Waals surface area contributed by atoms with Crippen molar-refractivity contribution in [2.45, 2.75) is 32.2 Å². The molecule has 6 heteroatoms. The normalized spacial score (nSPS) is 14.6. The Morgan fingerprint density at radius 3 is 2.50 bits per heavy atom. The molecule has 1 amide bonds.